The van der Waals surface area contributed by atoms with Gasteiger partial charge in [-0.25, -0.2) is 0 Å². The zero-order chi connectivity index (χ0) is 17.8. The Morgan fingerprint density at radius 3 is 2.58 bits per heavy atom. The molecule has 0 aliphatic heterocycles. The summed E-state index contributed by atoms with van der Waals surface area (Å²) in [6.45, 7) is 0. The van der Waals surface area contributed by atoms with E-state index in [0.29, 0.717) is 0 Å². The van der Waals surface area contributed by atoms with Gasteiger partial charge < -0.3 is 0 Å². The maximum absolute atomic E-state index is 4.62. The topological polar surface area (TPSA) is 12.4 Å². The van der Waals surface area contributed by atoms with Crippen molar-refractivity contribution in [2.45, 2.75) is 38.5 Å². The smallest absolute Gasteiger partial charge is 0.0740 e. The van der Waals surface area contributed by atoms with E-state index in [1.807, 2.05) is 24.3 Å². The molecule has 1 fully saturated rings. The normalized spacial score (nSPS) is 15.6. The molecule has 2 aliphatic carbocycles. The molecule has 2 aromatic rings. The summed E-state index contributed by atoms with van der Waals surface area (Å²) in [5, 5.41) is 2.38. The molecule has 128 valence electrons. The molecule has 26 heavy (non-hydrogen) atoms. The molecule has 0 aromatic heterocycles. The van der Waals surface area contributed by atoms with Crippen LogP contribution in [-0.2, 0) is 12.8 Å². The van der Waals surface area contributed by atoms with Crippen LogP contribution in [0.4, 0.5) is 5.69 Å². The van der Waals surface area contributed by atoms with Crippen molar-refractivity contribution in [2.24, 2.45) is 10.9 Å². The molecule has 2 aromatic carbocycles. The van der Waals surface area contributed by atoms with E-state index in [1.165, 1.54) is 47.9 Å². The van der Waals surface area contributed by atoms with Crippen LogP contribution < -0.4 is 0 Å². The highest BCUT2D eigenvalue weighted by molar-refractivity contribution is 7.78. The molecular weight excluding hydrogens is 334 g/mol. The molecule has 2 aliphatic rings. The number of hydrogen-bond donors (Lipinski definition) is 0. The maximum Gasteiger partial charge on any atom is 0.0740 e. The van der Waals surface area contributed by atoms with Gasteiger partial charge in [-0.1, -0.05) is 49.3 Å². The van der Waals surface area contributed by atoms with Crippen LogP contribution in [0.15, 0.2) is 53.0 Å². The lowest BCUT2D eigenvalue weighted by Gasteiger charge is -2.26. The first-order chi connectivity index (χ1) is 12.8. The maximum atomic E-state index is 4.62. The van der Waals surface area contributed by atoms with Gasteiger partial charge >= 0.3 is 0 Å². The van der Waals surface area contributed by atoms with E-state index in [0.717, 1.165) is 30.0 Å². The first-order valence-electron chi connectivity index (χ1n) is 9.32. The van der Waals surface area contributed by atoms with E-state index in [-0.39, 0.29) is 0 Å². The highest BCUT2D eigenvalue weighted by atomic mass is 32.1. The minimum absolute atomic E-state index is 0.814. The zero-order valence-corrected chi connectivity index (χ0v) is 15.6. The molecule has 1 nitrogen and oxygen atoms in total. The fraction of sp³-hybridized carbons (Fsp3) is 0.292. The van der Waals surface area contributed by atoms with Gasteiger partial charge in [0, 0.05) is 11.1 Å². The molecule has 0 amide bonds. The summed E-state index contributed by atoms with van der Waals surface area (Å²) in [5.74, 6) is 7.53. The second-order valence-corrected chi connectivity index (χ2v) is 7.39. The molecule has 0 unspecified atom stereocenters. The lowest BCUT2D eigenvalue weighted by atomic mass is 9.80. The molecule has 0 heterocycles. The van der Waals surface area contributed by atoms with E-state index in [4.69, 9.17) is 0 Å². The van der Waals surface area contributed by atoms with Crippen molar-refractivity contribution < 1.29 is 0 Å². The number of benzene rings is 2. The van der Waals surface area contributed by atoms with E-state index >= 15 is 0 Å². The summed E-state index contributed by atoms with van der Waals surface area (Å²) < 4.78 is 0. The lowest BCUT2D eigenvalue weighted by molar-refractivity contribution is 0.314. The monoisotopic (exact) mass is 355 g/mol. The van der Waals surface area contributed by atoms with Crippen LogP contribution in [0.5, 0.6) is 0 Å². The number of fused-ring (bicyclic) bond motifs is 1. The first kappa shape index (κ1) is 17.0. The van der Waals surface area contributed by atoms with Crippen LogP contribution >= 0.6 is 12.2 Å². The third-order valence-corrected chi connectivity index (χ3v) is 5.45. The number of nitrogens with zero attached hydrogens (tertiary/aromatic N) is 1. The fourth-order valence-corrected chi connectivity index (χ4v) is 3.73. The Morgan fingerprint density at radius 1 is 1.00 bits per heavy atom. The van der Waals surface area contributed by atoms with Gasteiger partial charge in [-0.2, -0.15) is 4.99 Å². The highest BCUT2D eigenvalue weighted by Crippen LogP contribution is 2.31. The van der Waals surface area contributed by atoms with E-state index in [9.17, 15) is 0 Å². The lowest BCUT2D eigenvalue weighted by Crippen LogP contribution is -2.14. The average molecular weight is 356 g/mol. The van der Waals surface area contributed by atoms with E-state index < -0.39 is 0 Å². The molecule has 0 bridgehead atoms. The molecule has 0 spiro atoms. The Morgan fingerprint density at radius 2 is 1.85 bits per heavy atom. The largest absolute Gasteiger partial charge is 0.195 e. The number of aliphatic imine (C=N–C) groups is 1. The summed E-state index contributed by atoms with van der Waals surface area (Å²) in [5.41, 5.74) is 7.35. The van der Waals surface area contributed by atoms with Gasteiger partial charge in [0.2, 0.25) is 0 Å². The minimum atomic E-state index is 0.814. The second kappa shape index (κ2) is 7.83. The SMILES string of the molecule is S=C=Nc1ccc(C#CC2=Cc3ccc(CC4CCC4)cc3CC2)cc1. The average Bonchev–Trinajstić information content (AvgIpc) is 2.64. The van der Waals surface area contributed by atoms with Gasteiger partial charge in [-0.05, 0) is 84.4 Å². The van der Waals surface area contributed by atoms with Gasteiger partial charge in [-0.15, -0.1) is 0 Å². The Kier molecular flexibility index (Phi) is 5.12. The quantitative estimate of drug-likeness (QED) is 0.366. The Labute approximate surface area is 160 Å². The number of isothiocyanates is 1. The first-order valence-corrected chi connectivity index (χ1v) is 9.73. The Balaban J connectivity index is 1.48. The van der Waals surface area contributed by atoms with Crippen molar-refractivity contribution >= 4 is 29.1 Å². The van der Waals surface area contributed by atoms with Gasteiger partial charge in [-0.3, -0.25) is 0 Å². The molecule has 0 radical (unpaired) electrons. The molecule has 2 heteroatoms. The molecule has 1 saturated carbocycles. The summed E-state index contributed by atoms with van der Waals surface area (Å²) in [4.78, 5) is 3.96. The number of aryl methyl sites for hydroxylation is 1. The second-order valence-electron chi connectivity index (χ2n) is 7.20. The van der Waals surface area contributed by atoms with E-state index in [2.05, 4.69) is 58.5 Å². The van der Waals surface area contributed by atoms with Crippen LogP contribution in [0.2, 0.25) is 0 Å². The third kappa shape index (κ3) is 4.02. The molecule has 0 atom stereocenters. The number of thiocarbonyl (C=S) groups is 1. The van der Waals surface area contributed by atoms with Crippen LogP contribution in [0, 0.1) is 17.8 Å². The van der Waals surface area contributed by atoms with Crippen LogP contribution in [0.25, 0.3) is 6.08 Å². The van der Waals surface area contributed by atoms with Crippen LogP contribution in [0.3, 0.4) is 0 Å². The summed E-state index contributed by atoms with van der Waals surface area (Å²) >= 11 is 4.62. The van der Waals surface area contributed by atoms with Crippen molar-refractivity contribution in [1.82, 2.24) is 0 Å². The van der Waals surface area contributed by atoms with Gasteiger partial charge in [0.25, 0.3) is 0 Å². The Bertz CT molecular complexity index is 946. The number of rotatable bonds is 3. The Hall–Kier alpha value is -2.46. The molecule has 0 N–H and O–H groups in total. The fourth-order valence-electron chi connectivity index (χ4n) is 3.63. The van der Waals surface area contributed by atoms with Crippen molar-refractivity contribution in [3.63, 3.8) is 0 Å². The van der Waals surface area contributed by atoms with Crippen molar-refractivity contribution in [2.75, 3.05) is 0 Å². The highest BCUT2D eigenvalue weighted by Gasteiger charge is 2.18. The summed E-state index contributed by atoms with van der Waals surface area (Å²) in [6, 6.07) is 14.8. The zero-order valence-electron chi connectivity index (χ0n) is 14.8. The van der Waals surface area contributed by atoms with Crippen molar-refractivity contribution in [3.8, 4) is 11.8 Å². The minimum Gasteiger partial charge on any atom is -0.195 e. The summed E-state index contributed by atoms with van der Waals surface area (Å²) in [7, 11) is 0. The van der Waals surface area contributed by atoms with Gasteiger partial charge in [0.1, 0.15) is 0 Å². The molecule has 0 saturated heterocycles. The summed E-state index contributed by atoms with van der Waals surface area (Å²) in [6.07, 6.45) is 9.88. The predicted molar refractivity (Wildman–Crippen MR) is 112 cm³/mol. The van der Waals surface area contributed by atoms with E-state index in [1.54, 1.807) is 0 Å². The molecule has 4 rings (SSSR count). The number of hydrogen-bond acceptors (Lipinski definition) is 2. The van der Waals surface area contributed by atoms with Crippen LogP contribution in [-0.4, -0.2) is 5.16 Å². The van der Waals surface area contributed by atoms with Gasteiger partial charge in [0.05, 0.1) is 10.8 Å². The third-order valence-electron chi connectivity index (χ3n) is 5.36. The predicted octanol–water partition coefficient (Wildman–Crippen LogP) is 6.14. The van der Waals surface area contributed by atoms with Crippen molar-refractivity contribution in [1.29, 1.82) is 0 Å². The van der Waals surface area contributed by atoms with Crippen LogP contribution in [0.1, 0.15) is 47.9 Å². The number of allylic oxidation sites excluding steroid dienone is 1. The van der Waals surface area contributed by atoms with Gasteiger partial charge in [0.15, 0.2) is 0 Å². The van der Waals surface area contributed by atoms with Crippen molar-refractivity contribution in [3.05, 3.63) is 70.3 Å². The standard InChI is InChI=1S/C24H21NS/c26-17-25-24-12-8-18(9-13-24)4-5-20-6-10-23-16-21(7-11-22(23)15-20)14-19-2-1-3-19/h7-9,11-13,15-16,19H,1-3,6,10,14H2. The molecular formula is C24H21NS.